The second-order valence-electron chi connectivity index (χ2n) is 3.28. The van der Waals surface area contributed by atoms with E-state index in [9.17, 15) is 13.5 Å². The molecule has 2 rings (SSSR count). The number of aromatic hydroxyl groups is 1. The first-order valence-corrected chi connectivity index (χ1v) is 6.15. The molecule has 15 heavy (non-hydrogen) atoms. The normalized spacial score (nSPS) is 11.8. The van der Waals surface area contributed by atoms with Crippen LogP contribution in [-0.4, -0.2) is 24.8 Å². The number of benzene rings is 1. The van der Waals surface area contributed by atoms with Gasteiger partial charge in [0.1, 0.15) is 5.75 Å². The van der Waals surface area contributed by atoms with Gasteiger partial charge in [0.25, 0.3) is 0 Å². The summed E-state index contributed by atoms with van der Waals surface area (Å²) in [4.78, 5) is 4.19. The molecule has 0 fully saturated rings. The van der Waals surface area contributed by atoms with Crippen LogP contribution < -0.4 is 0 Å². The Morgan fingerprint density at radius 1 is 1.27 bits per heavy atom. The monoisotopic (exact) mass is 223 g/mol. The summed E-state index contributed by atoms with van der Waals surface area (Å²) in [5.74, 6) is 0.0329. The van der Waals surface area contributed by atoms with Crippen LogP contribution in [0.5, 0.6) is 5.75 Å². The number of hydrogen-bond acceptors (Lipinski definition) is 4. The first kappa shape index (κ1) is 9.92. The molecule has 2 aromatic rings. The zero-order chi connectivity index (χ0) is 11.1. The highest BCUT2D eigenvalue weighted by Crippen LogP contribution is 2.24. The quantitative estimate of drug-likeness (QED) is 0.792. The van der Waals surface area contributed by atoms with Gasteiger partial charge in [-0.3, -0.25) is 4.98 Å². The molecule has 1 N–H and O–H groups in total. The number of rotatable bonds is 1. The first-order valence-electron chi connectivity index (χ1n) is 4.26. The average Bonchev–Trinajstić information content (AvgIpc) is 2.16. The molecule has 1 heterocycles. The number of nitrogens with zero attached hydrogens (tertiary/aromatic N) is 1. The fourth-order valence-corrected chi connectivity index (χ4v) is 1.99. The molecule has 0 aliphatic carbocycles. The van der Waals surface area contributed by atoms with Crippen molar-refractivity contribution >= 4 is 20.7 Å². The maximum absolute atomic E-state index is 11.3. The average molecular weight is 223 g/mol. The van der Waals surface area contributed by atoms with E-state index in [1.165, 1.54) is 24.4 Å². The van der Waals surface area contributed by atoms with Gasteiger partial charge in [-0.05, 0) is 24.3 Å². The van der Waals surface area contributed by atoms with Crippen LogP contribution in [0.3, 0.4) is 0 Å². The molecule has 0 aliphatic rings. The van der Waals surface area contributed by atoms with Crippen molar-refractivity contribution in [2.75, 3.05) is 6.26 Å². The standard InChI is InChI=1S/C10H9NO3S/c1-15(13,14)7-2-3-9-8(6-7)10(12)4-5-11-9/h2-6H,1H3,(H,11,12). The number of aromatic nitrogens is 1. The summed E-state index contributed by atoms with van der Waals surface area (Å²) in [5.41, 5.74) is 0.572. The number of fused-ring (bicyclic) bond motifs is 1. The van der Waals surface area contributed by atoms with Gasteiger partial charge in [-0.15, -0.1) is 0 Å². The highest BCUT2D eigenvalue weighted by molar-refractivity contribution is 7.90. The van der Waals surface area contributed by atoms with E-state index < -0.39 is 9.84 Å². The zero-order valence-corrected chi connectivity index (χ0v) is 8.82. The Bertz CT molecular complexity index is 620. The number of sulfone groups is 1. The molecule has 0 bridgehead atoms. The second-order valence-corrected chi connectivity index (χ2v) is 5.30. The molecule has 1 aromatic heterocycles. The summed E-state index contributed by atoms with van der Waals surface area (Å²) in [7, 11) is -3.25. The van der Waals surface area contributed by atoms with Crippen molar-refractivity contribution in [1.82, 2.24) is 4.98 Å². The summed E-state index contributed by atoms with van der Waals surface area (Å²) in [6.07, 6.45) is 2.60. The molecule has 5 heteroatoms. The Labute approximate surface area is 87.1 Å². The summed E-state index contributed by atoms with van der Waals surface area (Å²) in [6.45, 7) is 0. The smallest absolute Gasteiger partial charge is 0.175 e. The summed E-state index contributed by atoms with van der Waals surface area (Å²) in [5, 5.41) is 9.97. The van der Waals surface area contributed by atoms with Crippen molar-refractivity contribution in [1.29, 1.82) is 0 Å². The lowest BCUT2D eigenvalue weighted by Crippen LogP contribution is -1.96. The van der Waals surface area contributed by atoms with Crippen molar-refractivity contribution in [3.05, 3.63) is 30.5 Å². The van der Waals surface area contributed by atoms with Gasteiger partial charge in [-0.2, -0.15) is 0 Å². The summed E-state index contributed by atoms with van der Waals surface area (Å²) >= 11 is 0. The van der Waals surface area contributed by atoms with Crippen LogP contribution in [0.15, 0.2) is 35.4 Å². The minimum atomic E-state index is -3.25. The van der Waals surface area contributed by atoms with E-state index in [2.05, 4.69) is 4.98 Å². The highest BCUT2D eigenvalue weighted by Gasteiger charge is 2.09. The SMILES string of the molecule is CS(=O)(=O)c1ccc2nccc(O)c2c1. The Morgan fingerprint density at radius 2 is 2.00 bits per heavy atom. The molecule has 0 unspecified atom stereocenters. The third-order valence-corrected chi connectivity index (χ3v) is 3.23. The highest BCUT2D eigenvalue weighted by atomic mass is 32.2. The molecule has 0 aliphatic heterocycles. The lowest BCUT2D eigenvalue weighted by molar-refractivity contribution is 0.481. The number of hydrogen-bond donors (Lipinski definition) is 1. The molecular weight excluding hydrogens is 214 g/mol. The topological polar surface area (TPSA) is 67.3 Å². The molecule has 0 spiro atoms. The van der Waals surface area contributed by atoms with Gasteiger partial charge >= 0.3 is 0 Å². The lowest BCUT2D eigenvalue weighted by atomic mass is 10.2. The summed E-state index contributed by atoms with van der Waals surface area (Å²) < 4.78 is 22.6. The van der Waals surface area contributed by atoms with Crippen LogP contribution in [0.4, 0.5) is 0 Å². The van der Waals surface area contributed by atoms with Crippen molar-refractivity contribution in [2.45, 2.75) is 4.90 Å². The largest absolute Gasteiger partial charge is 0.507 e. The van der Waals surface area contributed by atoms with Gasteiger partial charge in [0.2, 0.25) is 0 Å². The molecule has 1 aromatic carbocycles. The molecule has 4 nitrogen and oxygen atoms in total. The van der Waals surface area contributed by atoms with Gasteiger partial charge < -0.3 is 5.11 Å². The molecular formula is C10H9NO3S. The Morgan fingerprint density at radius 3 is 2.67 bits per heavy atom. The van der Waals surface area contributed by atoms with E-state index in [1.54, 1.807) is 6.07 Å². The van der Waals surface area contributed by atoms with E-state index >= 15 is 0 Å². The van der Waals surface area contributed by atoms with Crippen LogP contribution >= 0.6 is 0 Å². The van der Waals surface area contributed by atoms with E-state index in [4.69, 9.17) is 0 Å². The Hall–Kier alpha value is -1.62. The van der Waals surface area contributed by atoms with Crippen molar-refractivity contribution in [3.8, 4) is 5.75 Å². The maximum atomic E-state index is 11.3. The second kappa shape index (κ2) is 3.20. The van der Waals surface area contributed by atoms with E-state index in [0.29, 0.717) is 10.9 Å². The zero-order valence-electron chi connectivity index (χ0n) is 8.01. The lowest BCUT2D eigenvalue weighted by Gasteiger charge is -2.02. The van der Waals surface area contributed by atoms with Crippen LogP contribution in [0.2, 0.25) is 0 Å². The predicted molar refractivity (Wildman–Crippen MR) is 56.5 cm³/mol. The maximum Gasteiger partial charge on any atom is 0.175 e. The van der Waals surface area contributed by atoms with Gasteiger partial charge in [0.05, 0.1) is 10.4 Å². The molecule has 0 radical (unpaired) electrons. The van der Waals surface area contributed by atoms with Crippen LogP contribution in [0, 0.1) is 0 Å². The molecule has 0 saturated carbocycles. The minimum absolute atomic E-state index is 0.0329. The third kappa shape index (κ3) is 1.78. The Kier molecular flexibility index (Phi) is 2.12. The fourth-order valence-electron chi connectivity index (χ4n) is 1.34. The van der Waals surface area contributed by atoms with Crippen molar-refractivity contribution < 1.29 is 13.5 Å². The molecule has 0 atom stereocenters. The van der Waals surface area contributed by atoms with Crippen LogP contribution in [0.1, 0.15) is 0 Å². The molecule has 0 amide bonds. The van der Waals surface area contributed by atoms with E-state index in [1.807, 2.05) is 0 Å². The third-order valence-electron chi connectivity index (χ3n) is 2.12. The van der Waals surface area contributed by atoms with Crippen molar-refractivity contribution in [2.24, 2.45) is 0 Å². The molecule has 0 saturated heterocycles. The van der Waals surface area contributed by atoms with Crippen molar-refractivity contribution in [3.63, 3.8) is 0 Å². The van der Waals surface area contributed by atoms with E-state index in [-0.39, 0.29) is 10.6 Å². The van der Waals surface area contributed by atoms with Crippen LogP contribution in [0.25, 0.3) is 10.9 Å². The summed E-state index contributed by atoms with van der Waals surface area (Å²) in [6, 6.07) is 5.90. The number of pyridine rings is 1. The van der Waals surface area contributed by atoms with Gasteiger partial charge in [0, 0.05) is 17.8 Å². The molecule has 78 valence electrons. The van der Waals surface area contributed by atoms with E-state index in [0.717, 1.165) is 6.26 Å². The van der Waals surface area contributed by atoms with Crippen LogP contribution in [-0.2, 0) is 9.84 Å². The van der Waals surface area contributed by atoms with Gasteiger partial charge in [-0.1, -0.05) is 0 Å². The van der Waals surface area contributed by atoms with Gasteiger partial charge in [-0.25, -0.2) is 8.42 Å². The predicted octanol–water partition coefficient (Wildman–Crippen LogP) is 1.34. The van der Waals surface area contributed by atoms with Gasteiger partial charge in [0.15, 0.2) is 9.84 Å². The fraction of sp³-hybridized carbons (Fsp3) is 0.100. The first-order chi connectivity index (χ1) is 6.98. The Balaban J connectivity index is 2.81. The minimum Gasteiger partial charge on any atom is -0.507 e.